The summed E-state index contributed by atoms with van der Waals surface area (Å²) >= 11 is 0. The maximum Gasteiger partial charge on any atom is 0.246 e. The summed E-state index contributed by atoms with van der Waals surface area (Å²) < 4.78 is 0. The van der Waals surface area contributed by atoms with Crippen molar-refractivity contribution in [2.24, 2.45) is 5.92 Å². The van der Waals surface area contributed by atoms with Crippen molar-refractivity contribution >= 4 is 5.91 Å². The Hall–Kier alpha value is -1.31. The third-order valence-electron chi connectivity index (χ3n) is 3.55. The van der Waals surface area contributed by atoms with Gasteiger partial charge in [-0.3, -0.25) is 4.79 Å². The third-order valence-corrected chi connectivity index (χ3v) is 3.55. The molecule has 0 bridgehead atoms. The molecule has 1 fully saturated rings. The average molecular weight is 275 g/mol. The highest BCUT2D eigenvalue weighted by molar-refractivity contribution is 5.87. The van der Waals surface area contributed by atoms with Crippen LogP contribution in [0.1, 0.15) is 53.4 Å². The maximum absolute atomic E-state index is 12.0. The van der Waals surface area contributed by atoms with Gasteiger partial charge in [0.15, 0.2) is 0 Å². The van der Waals surface area contributed by atoms with E-state index < -0.39 is 0 Å². The smallest absolute Gasteiger partial charge is 0.246 e. The Morgan fingerprint density at radius 3 is 2.45 bits per heavy atom. The molecule has 0 saturated heterocycles. The van der Waals surface area contributed by atoms with Crippen molar-refractivity contribution in [3.8, 4) is 0 Å². The molecule has 0 unspecified atom stereocenters. The lowest BCUT2D eigenvalue weighted by Gasteiger charge is -2.19. The van der Waals surface area contributed by atoms with Crippen LogP contribution in [0.15, 0.2) is 35.5 Å². The number of nitrogens with zero attached hydrogens (tertiary/aromatic N) is 1. The van der Waals surface area contributed by atoms with E-state index in [4.69, 9.17) is 0 Å². The van der Waals surface area contributed by atoms with Crippen LogP contribution in [0, 0.1) is 5.92 Å². The van der Waals surface area contributed by atoms with Gasteiger partial charge in [0.1, 0.15) is 0 Å². The van der Waals surface area contributed by atoms with Gasteiger partial charge in [-0.05, 0) is 65.4 Å². The Morgan fingerprint density at radius 1 is 1.20 bits per heavy atom. The highest BCUT2D eigenvalue weighted by atomic mass is 16.2. The molecule has 20 heavy (non-hydrogen) atoms. The molecule has 0 aliphatic heterocycles. The van der Waals surface area contributed by atoms with Crippen molar-refractivity contribution in [3.05, 3.63) is 35.5 Å². The lowest BCUT2D eigenvalue weighted by atomic mass is 10.1. The minimum Gasteiger partial charge on any atom is -0.335 e. The zero-order valence-electron chi connectivity index (χ0n) is 13.5. The molecule has 0 atom stereocenters. The molecule has 112 valence electrons. The molecule has 0 aromatic carbocycles. The maximum atomic E-state index is 12.0. The SMILES string of the molecule is C/C=C/C(=O)N(C/C=C(/C)CCC=C(C)C)CC1CC1. The standard InChI is InChI=1S/C18H29NO/c1-5-7-18(20)19(14-17-10-11-17)13-12-16(4)9-6-8-15(2)3/h5,7-8,12,17H,6,9-11,13-14H2,1-4H3/b7-5+,16-12-. The van der Waals surface area contributed by atoms with Crippen molar-refractivity contribution in [1.29, 1.82) is 0 Å². The molecule has 2 heteroatoms. The number of amides is 1. The first-order valence-corrected chi connectivity index (χ1v) is 7.73. The molecule has 1 aliphatic carbocycles. The molecule has 1 saturated carbocycles. The van der Waals surface area contributed by atoms with E-state index in [1.165, 1.54) is 24.0 Å². The van der Waals surface area contributed by atoms with E-state index in [0.717, 1.165) is 31.8 Å². The lowest BCUT2D eigenvalue weighted by molar-refractivity contribution is -0.125. The predicted octanol–water partition coefficient (Wildman–Crippen LogP) is 4.49. The van der Waals surface area contributed by atoms with Gasteiger partial charge in [0.2, 0.25) is 5.91 Å². The fraction of sp³-hybridized carbons (Fsp3) is 0.611. The van der Waals surface area contributed by atoms with Crippen molar-refractivity contribution in [3.63, 3.8) is 0 Å². The molecular formula is C18H29NO. The summed E-state index contributed by atoms with van der Waals surface area (Å²) in [5.74, 6) is 0.885. The van der Waals surface area contributed by atoms with Crippen molar-refractivity contribution in [1.82, 2.24) is 4.90 Å². The number of allylic oxidation sites excluding steroid dienone is 4. The highest BCUT2D eigenvalue weighted by Gasteiger charge is 2.25. The van der Waals surface area contributed by atoms with Crippen molar-refractivity contribution in [2.75, 3.05) is 13.1 Å². The third kappa shape index (κ3) is 7.32. The van der Waals surface area contributed by atoms with E-state index in [-0.39, 0.29) is 5.91 Å². The Labute approximate surface area is 124 Å². The second-order valence-corrected chi connectivity index (χ2v) is 6.06. The molecule has 0 radical (unpaired) electrons. The molecular weight excluding hydrogens is 246 g/mol. The van der Waals surface area contributed by atoms with Crippen LogP contribution in [0.4, 0.5) is 0 Å². The Kier molecular flexibility index (Phi) is 7.35. The van der Waals surface area contributed by atoms with Crippen LogP contribution in [0.2, 0.25) is 0 Å². The van der Waals surface area contributed by atoms with Crippen LogP contribution in [0.25, 0.3) is 0 Å². The summed E-state index contributed by atoms with van der Waals surface area (Å²) in [7, 11) is 0. The van der Waals surface area contributed by atoms with Gasteiger partial charge in [0.05, 0.1) is 0 Å². The number of rotatable bonds is 8. The molecule has 2 nitrogen and oxygen atoms in total. The van der Waals surface area contributed by atoms with Gasteiger partial charge in [-0.1, -0.05) is 29.4 Å². The summed E-state index contributed by atoms with van der Waals surface area (Å²) in [6, 6.07) is 0. The fourth-order valence-corrected chi connectivity index (χ4v) is 2.07. The van der Waals surface area contributed by atoms with Crippen molar-refractivity contribution in [2.45, 2.75) is 53.4 Å². The first-order valence-electron chi connectivity index (χ1n) is 7.73. The van der Waals surface area contributed by atoms with Gasteiger partial charge in [0, 0.05) is 13.1 Å². The first-order chi connectivity index (χ1) is 9.52. The predicted molar refractivity (Wildman–Crippen MR) is 86.5 cm³/mol. The van der Waals surface area contributed by atoms with E-state index in [1.807, 2.05) is 17.9 Å². The minimum atomic E-state index is 0.146. The van der Waals surface area contributed by atoms with Crippen LogP contribution in [-0.4, -0.2) is 23.9 Å². The molecule has 0 N–H and O–H groups in total. The zero-order valence-corrected chi connectivity index (χ0v) is 13.5. The van der Waals surface area contributed by atoms with E-state index >= 15 is 0 Å². The van der Waals surface area contributed by atoms with Gasteiger partial charge in [-0.25, -0.2) is 0 Å². The second-order valence-electron chi connectivity index (χ2n) is 6.06. The number of carbonyl (C=O) groups excluding carboxylic acids is 1. The second kappa shape index (κ2) is 8.78. The van der Waals surface area contributed by atoms with E-state index in [1.54, 1.807) is 6.08 Å². The van der Waals surface area contributed by atoms with E-state index in [2.05, 4.69) is 32.9 Å². The molecule has 1 rings (SSSR count). The quantitative estimate of drug-likeness (QED) is 0.472. The highest BCUT2D eigenvalue weighted by Crippen LogP contribution is 2.29. The molecule has 0 aromatic rings. The van der Waals surface area contributed by atoms with Crippen LogP contribution < -0.4 is 0 Å². The van der Waals surface area contributed by atoms with Gasteiger partial charge < -0.3 is 4.90 Å². The molecule has 0 heterocycles. The summed E-state index contributed by atoms with van der Waals surface area (Å²) in [6.45, 7) is 9.99. The topological polar surface area (TPSA) is 20.3 Å². The summed E-state index contributed by atoms with van der Waals surface area (Å²) in [5, 5.41) is 0. The fourth-order valence-electron chi connectivity index (χ4n) is 2.07. The van der Waals surface area contributed by atoms with Gasteiger partial charge >= 0.3 is 0 Å². The largest absolute Gasteiger partial charge is 0.335 e. The first kappa shape index (κ1) is 16.7. The van der Waals surface area contributed by atoms with Crippen LogP contribution in [-0.2, 0) is 4.79 Å². The number of carbonyl (C=O) groups is 1. The monoisotopic (exact) mass is 275 g/mol. The van der Waals surface area contributed by atoms with Crippen LogP contribution >= 0.6 is 0 Å². The van der Waals surface area contributed by atoms with Gasteiger partial charge in [-0.15, -0.1) is 0 Å². The normalized spacial score (nSPS) is 15.5. The van der Waals surface area contributed by atoms with Crippen LogP contribution in [0.3, 0.4) is 0 Å². The zero-order chi connectivity index (χ0) is 15.0. The van der Waals surface area contributed by atoms with Gasteiger partial charge in [0.25, 0.3) is 0 Å². The minimum absolute atomic E-state index is 0.146. The van der Waals surface area contributed by atoms with E-state index in [0.29, 0.717) is 0 Å². The molecule has 1 aliphatic rings. The Balaban J connectivity index is 2.46. The number of hydrogen-bond donors (Lipinski definition) is 0. The summed E-state index contributed by atoms with van der Waals surface area (Å²) in [6.07, 6.45) is 12.7. The van der Waals surface area contributed by atoms with E-state index in [9.17, 15) is 4.79 Å². The Bertz CT molecular complexity index is 396. The Morgan fingerprint density at radius 2 is 1.90 bits per heavy atom. The number of hydrogen-bond acceptors (Lipinski definition) is 1. The van der Waals surface area contributed by atoms with Crippen molar-refractivity contribution < 1.29 is 4.79 Å². The molecule has 1 amide bonds. The summed E-state index contributed by atoms with van der Waals surface area (Å²) in [5.41, 5.74) is 2.74. The van der Waals surface area contributed by atoms with Gasteiger partial charge in [-0.2, -0.15) is 0 Å². The summed E-state index contributed by atoms with van der Waals surface area (Å²) in [4.78, 5) is 14.0. The lowest BCUT2D eigenvalue weighted by Crippen LogP contribution is -2.31. The molecule has 0 spiro atoms. The molecule has 0 aromatic heterocycles. The van der Waals surface area contributed by atoms with Crippen LogP contribution in [0.5, 0.6) is 0 Å². The average Bonchev–Trinajstić information content (AvgIpc) is 3.18.